The van der Waals surface area contributed by atoms with Gasteiger partial charge in [0, 0.05) is 11.7 Å². The van der Waals surface area contributed by atoms with E-state index in [0.29, 0.717) is 11.9 Å². The Labute approximate surface area is 112 Å². The van der Waals surface area contributed by atoms with Gasteiger partial charge in [0.1, 0.15) is 11.3 Å². The Balaban J connectivity index is 2.15. The zero-order valence-electron chi connectivity index (χ0n) is 10.9. The van der Waals surface area contributed by atoms with Gasteiger partial charge in [-0.2, -0.15) is 0 Å². The summed E-state index contributed by atoms with van der Waals surface area (Å²) in [4.78, 5) is 9.27. The summed E-state index contributed by atoms with van der Waals surface area (Å²) in [5, 5.41) is 0. The van der Waals surface area contributed by atoms with Gasteiger partial charge in [-0.25, -0.2) is 9.97 Å². The molecule has 3 nitrogen and oxygen atoms in total. The van der Waals surface area contributed by atoms with Crippen molar-refractivity contribution >= 4 is 22.8 Å². The fourth-order valence-electron chi connectivity index (χ4n) is 3.00. The van der Waals surface area contributed by atoms with Gasteiger partial charge < -0.3 is 4.57 Å². The Morgan fingerprint density at radius 2 is 2.17 bits per heavy atom. The van der Waals surface area contributed by atoms with Gasteiger partial charge in [0.2, 0.25) is 0 Å². The van der Waals surface area contributed by atoms with Gasteiger partial charge in [-0.1, -0.05) is 6.92 Å². The minimum Gasteiger partial charge on any atom is -0.309 e. The second kappa shape index (κ2) is 4.54. The molecule has 2 atom stereocenters. The Hall–Kier alpha value is -1.09. The highest BCUT2D eigenvalue weighted by molar-refractivity contribution is 6.16. The summed E-state index contributed by atoms with van der Waals surface area (Å²) in [6, 6.07) is 4.57. The lowest BCUT2D eigenvalue weighted by Gasteiger charge is -2.15. The second-order valence-electron chi connectivity index (χ2n) is 5.40. The number of hydrogen-bond donors (Lipinski definition) is 0. The monoisotopic (exact) mass is 263 g/mol. The molecule has 0 amide bonds. The molecule has 1 aliphatic carbocycles. The van der Waals surface area contributed by atoms with E-state index in [1.54, 1.807) is 0 Å². The van der Waals surface area contributed by atoms with E-state index in [2.05, 4.69) is 21.5 Å². The fraction of sp³-hybridized carbons (Fsp3) is 0.571. The lowest BCUT2D eigenvalue weighted by atomic mass is 10.1. The summed E-state index contributed by atoms with van der Waals surface area (Å²) in [6.07, 6.45) is 3.72. The van der Waals surface area contributed by atoms with E-state index in [1.807, 2.05) is 19.1 Å². The number of alkyl halides is 1. The van der Waals surface area contributed by atoms with Crippen LogP contribution in [0.3, 0.4) is 0 Å². The Bertz CT molecular complexity index is 576. The third-order valence-electron chi connectivity index (χ3n) is 3.90. The molecule has 0 radical (unpaired) electrons. The quantitative estimate of drug-likeness (QED) is 0.771. The molecule has 2 heterocycles. The number of nitrogens with zero attached hydrogens (tertiary/aromatic N) is 3. The van der Waals surface area contributed by atoms with Crippen LogP contribution >= 0.6 is 11.6 Å². The number of fused-ring (bicyclic) bond motifs is 1. The van der Waals surface area contributed by atoms with Crippen molar-refractivity contribution in [3.05, 3.63) is 23.7 Å². The van der Waals surface area contributed by atoms with Crippen molar-refractivity contribution in [3.63, 3.8) is 0 Å². The molecule has 0 N–H and O–H groups in total. The molecule has 0 saturated heterocycles. The van der Waals surface area contributed by atoms with Crippen LogP contribution in [0.5, 0.6) is 0 Å². The minimum absolute atomic E-state index is 0.459. The summed E-state index contributed by atoms with van der Waals surface area (Å²) in [5.74, 6) is 2.21. The van der Waals surface area contributed by atoms with E-state index in [0.717, 1.165) is 28.6 Å². The van der Waals surface area contributed by atoms with Crippen molar-refractivity contribution in [2.75, 3.05) is 0 Å². The molecule has 0 bridgehead atoms. The van der Waals surface area contributed by atoms with Crippen molar-refractivity contribution in [2.45, 2.75) is 45.0 Å². The number of halogens is 1. The van der Waals surface area contributed by atoms with Crippen molar-refractivity contribution < 1.29 is 0 Å². The maximum Gasteiger partial charge on any atom is 0.160 e. The molecule has 0 spiro atoms. The van der Waals surface area contributed by atoms with Crippen LogP contribution in [0.4, 0.5) is 0 Å². The van der Waals surface area contributed by atoms with E-state index < -0.39 is 0 Å². The van der Waals surface area contributed by atoms with Gasteiger partial charge in [-0.15, -0.1) is 11.6 Å². The van der Waals surface area contributed by atoms with Crippen LogP contribution in [0.2, 0.25) is 0 Å². The van der Waals surface area contributed by atoms with E-state index in [4.69, 9.17) is 11.6 Å². The Morgan fingerprint density at radius 3 is 2.83 bits per heavy atom. The van der Waals surface area contributed by atoms with Crippen molar-refractivity contribution in [1.29, 1.82) is 0 Å². The average molecular weight is 264 g/mol. The van der Waals surface area contributed by atoms with Crippen LogP contribution in [-0.4, -0.2) is 14.5 Å². The second-order valence-corrected chi connectivity index (χ2v) is 5.67. The number of aromatic nitrogens is 3. The molecule has 18 heavy (non-hydrogen) atoms. The third-order valence-corrected chi connectivity index (χ3v) is 4.14. The van der Waals surface area contributed by atoms with E-state index in [-0.39, 0.29) is 0 Å². The first-order valence-electron chi connectivity index (χ1n) is 6.59. The molecule has 1 aliphatic rings. The van der Waals surface area contributed by atoms with Gasteiger partial charge >= 0.3 is 0 Å². The fourth-order valence-corrected chi connectivity index (χ4v) is 3.19. The van der Waals surface area contributed by atoms with Crippen LogP contribution in [0.1, 0.15) is 43.7 Å². The average Bonchev–Trinajstić information content (AvgIpc) is 2.91. The molecule has 0 aromatic carbocycles. The van der Waals surface area contributed by atoms with Crippen LogP contribution in [0.15, 0.2) is 12.1 Å². The Kier molecular flexibility index (Phi) is 3.02. The molecule has 4 heteroatoms. The van der Waals surface area contributed by atoms with Crippen molar-refractivity contribution in [1.82, 2.24) is 14.5 Å². The topological polar surface area (TPSA) is 30.7 Å². The molecule has 2 aromatic rings. The molecule has 1 fully saturated rings. The molecule has 2 aromatic heterocycles. The molecular weight excluding hydrogens is 246 g/mol. The maximum absolute atomic E-state index is 6.05. The number of pyridine rings is 1. The van der Waals surface area contributed by atoms with Gasteiger partial charge in [0.25, 0.3) is 0 Å². The smallest absolute Gasteiger partial charge is 0.160 e. The first-order chi connectivity index (χ1) is 8.69. The normalized spacial score (nSPS) is 23.9. The highest BCUT2D eigenvalue weighted by atomic mass is 35.5. The summed E-state index contributed by atoms with van der Waals surface area (Å²) >= 11 is 6.05. The van der Waals surface area contributed by atoms with Crippen LogP contribution < -0.4 is 0 Å². The lowest BCUT2D eigenvalue weighted by Crippen LogP contribution is -2.09. The van der Waals surface area contributed by atoms with E-state index in [1.165, 1.54) is 19.3 Å². The summed E-state index contributed by atoms with van der Waals surface area (Å²) in [7, 11) is 0. The number of aryl methyl sites for hydroxylation is 1. The van der Waals surface area contributed by atoms with Gasteiger partial charge in [0.05, 0.1) is 5.88 Å². The predicted octanol–water partition coefficient (Wildman–Crippen LogP) is 3.84. The van der Waals surface area contributed by atoms with E-state index >= 15 is 0 Å². The molecule has 3 rings (SSSR count). The van der Waals surface area contributed by atoms with Crippen molar-refractivity contribution in [3.8, 4) is 0 Å². The van der Waals surface area contributed by atoms with Gasteiger partial charge in [-0.05, 0) is 44.2 Å². The highest BCUT2D eigenvalue weighted by Gasteiger charge is 2.26. The number of hydrogen-bond acceptors (Lipinski definition) is 2. The Morgan fingerprint density at radius 1 is 1.33 bits per heavy atom. The highest BCUT2D eigenvalue weighted by Crippen LogP contribution is 2.37. The molecular formula is C14H18ClN3. The SMILES string of the molecule is Cc1ccc2nc(CCl)n(C3CCC(C)C3)c2n1. The standard InChI is InChI=1S/C14H18ClN3/c1-9-3-5-11(7-9)18-13(8-15)17-12-6-4-10(2)16-14(12)18/h4,6,9,11H,3,5,7-8H2,1-2H3. The first-order valence-corrected chi connectivity index (χ1v) is 7.13. The minimum atomic E-state index is 0.459. The van der Waals surface area contributed by atoms with Crippen molar-refractivity contribution in [2.24, 2.45) is 5.92 Å². The summed E-state index contributed by atoms with van der Waals surface area (Å²) < 4.78 is 2.28. The zero-order chi connectivity index (χ0) is 12.7. The molecule has 96 valence electrons. The van der Waals surface area contributed by atoms with Crippen LogP contribution in [0, 0.1) is 12.8 Å². The largest absolute Gasteiger partial charge is 0.309 e. The van der Waals surface area contributed by atoms with Crippen LogP contribution in [-0.2, 0) is 5.88 Å². The number of rotatable bonds is 2. The van der Waals surface area contributed by atoms with Gasteiger partial charge in [-0.3, -0.25) is 0 Å². The molecule has 0 aliphatic heterocycles. The first kappa shape index (κ1) is 12.0. The molecule has 2 unspecified atom stereocenters. The summed E-state index contributed by atoms with van der Waals surface area (Å²) in [5.41, 5.74) is 3.01. The maximum atomic E-state index is 6.05. The number of imidazole rings is 1. The van der Waals surface area contributed by atoms with Gasteiger partial charge in [0.15, 0.2) is 5.65 Å². The lowest BCUT2D eigenvalue weighted by molar-refractivity contribution is 0.491. The van der Waals surface area contributed by atoms with Crippen LogP contribution in [0.25, 0.3) is 11.2 Å². The third kappa shape index (κ3) is 1.91. The zero-order valence-corrected chi connectivity index (χ0v) is 11.6. The van der Waals surface area contributed by atoms with E-state index in [9.17, 15) is 0 Å². The predicted molar refractivity (Wildman–Crippen MR) is 73.9 cm³/mol. The molecule has 1 saturated carbocycles. The summed E-state index contributed by atoms with van der Waals surface area (Å²) in [6.45, 7) is 4.34.